The average molecular weight is 963 g/mol. The number of pyridine rings is 4. The van der Waals surface area contributed by atoms with E-state index in [4.69, 9.17) is 35.4 Å². The molecule has 0 bridgehead atoms. The maximum absolute atomic E-state index is 11.7. The van der Waals surface area contributed by atoms with Crippen molar-refractivity contribution in [2.45, 2.75) is 13.1 Å². The monoisotopic (exact) mass is 962 g/mol. The number of fused-ring (bicyclic) bond motifs is 2. The molecule has 0 aliphatic rings. The van der Waals surface area contributed by atoms with Crippen LogP contribution in [0.5, 0.6) is 0 Å². The minimum atomic E-state index is -0.714. The molecule has 0 saturated heterocycles. The van der Waals surface area contributed by atoms with Crippen LogP contribution in [0, 0.1) is 0 Å². The lowest BCUT2D eigenvalue weighted by molar-refractivity contribution is 0.0545. The van der Waals surface area contributed by atoms with Gasteiger partial charge in [-0.05, 0) is 70.8 Å². The average Bonchev–Trinajstić information content (AvgIpc) is 3.97. The summed E-state index contributed by atoms with van der Waals surface area (Å²) in [5, 5.41) is 24.7. The van der Waals surface area contributed by atoms with Crippen LogP contribution in [0.1, 0.15) is 27.6 Å². The van der Waals surface area contributed by atoms with Crippen molar-refractivity contribution in [3.8, 4) is 56.4 Å². The van der Waals surface area contributed by atoms with Gasteiger partial charge in [0.2, 0.25) is 5.82 Å². The fourth-order valence-corrected chi connectivity index (χ4v) is 7.91. The van der Waals surface area contributed by atoms with Gasteiger partial charge in [-0.1, -0.05) is 107 Å². The number of nitrogens with zero attached hydrogens (tertiary/aromatic N) is 11. The van der Waals surface area contributed by atoms with Gasteiger partial charge >= 0.3 is 11.9 Å². The number of carbonyl (C=O) groups is 1. The van der Waals surface area contributed by atoms with Crippen LogP contribution in [-0.4, -0.2) is 74.1 Å². The highest BCUT2D eigenvalue weighted by Gasteiger charge is 2.20. The Hall–Kier alpha value is -10.4. The van der Waals surface area contributed by atoms with Gasteiger partial charge in [0.25, 0.3) is 0 Å². The predicted octanol–water partition coefficient (Wildman–Crippen LogP) is 9.66. The van der Waals surface area contributed by atoms with Crippen LogP contribution in [0.2, 0.25) is 0 Å². The minimum Gasteiger partial charge on any atom is -0.462 e. The van der Waals surface area contributed by atoms with Crippen molar-refractivity contribution >= 4 is 45.2 Å². The van der Waals surface area contributed by atoms with Crippen LogP contribution in [0.25, 0.3) is 78.2 Å². The Bertz CT molecular complexity index is 3730. The van der Waals surface area contributed by atoms with Crippen molar-refractivity contribution in [3.63, 3.8) is 0 Å². The Morgan fingerprint density at radius 3 is 1.59 bits per heavy atom. The van der Waals surface area contributed by atoms with Crippen molar-refractivity contribution in [3.05, 3.63) is 206 Å². The van der Waals surface area contributed by atoms with Crippen molar-refractivity contribution in [2.75, 3.05) is 17.7 Å². The molecule has 7 aromatic heterocycles. The first-order chi connectivity index (χ1) is 35.9. The molecule has 0 saturated carbocycles. The number of carbonyl (C=O) groups excluding carboxylic acids is 1. The molecule has 11 aromatic rings. The molecule has 73 heavy (non-hydrogen) atoms. The Labute approximate surface area is 416 Å². The zero-order valence-electron chi connectivity index (χ0n) is 38.9. The fraction of sp³-hybridized carbons (Fsp3) is 0.0545. The lowest BCUT2D eigenvalue weighted by atomic mass is 10.0. The van der Waals surface area contributed by atoms with Crippen LogP contribution in [0.4, 0.5) is 11.6 Å². The van der Waals surface area contributed by atoms with Gasteiger partial charge in [-0.15, -0.1) is 0 Å². The molecule has 7 heterocycles. The molecule has 0 aliphatic heterocycles. The van der Waals surface area contributed by atoms with Gasteiger partial charge in [-0.25, -0.2) is 24.7 Å². The van der Waals surface area contributed by atoms with E-state index >= 15 is 0 Å². The molecule has 0 aliphatic carbocycles. The third-order valence-electron chi connectivity index (χ3n) is 11.4. The van der Waals surface area contributed by atoms with E-state index in [0.717, 1.165) is 55.4 Å². The number of amidine groups is 1. The first kappa shape index (κ1) is 46.4. The van der Waals surface area contributed by atoms with Gasteiger partial charge in [0.15, 0.2) is 17.5 Å². The quantitative estimate of drug-likeness (QED) is 0.0276. The summed E-state index contributed by atoms with van der Waals surface area (Å²) >= 11 is 0. The van der Waals surface area contributed by atoms with Gasteiger partial charge in [-0.2, -0.15) is 4.98 Å². The number of benzene rings is 4. The number of oxime groups is 1. The molecule has 18 nitrogen and oxygen atoms in total. The summed E-state index contributed by atoms with van der Waals surface area (Å²) in [4.78, 5) is 52.7. The standard InChI is InChI=1S/C29H21N7O3.C26H21N7O/c1-38-29(37)28-35-26(36-39-28)20-14-19(15-30-16-20)25-33-23-12-7-11-22(18-8-3-2-4-9-18)24(23)27(34-25)32-17-21-10-5-6-13-31-21;27-24(33-34)18-13-19(15-28-14-18)25-31-22-11-6-10-21(17-7-2-1-3-8-17)23(22)26(32-25)30-16-20-9-4-5-12-29-20/h2-16H,17H2,1H3,(H,32,33,34);1-15,34H,16H2,(H2,27,33)(H,30,31,32). The summed E-state index contributed by atoms with van der Waals surface area (Å²) in [6.45, 7) is 0.977. The second-order valence-electron chi connectivity index (χ2n) is 16.1. The van der Waals surface area contributed by atoms with E-state index < -0.39 is 5.97 Å². The predicted molar refractivity (Wildman–Crippen MR) is 277 cm³/mol. The molecule has 0 radical (unpaired) electrons. The second-order valence-corrected chi connectivity index (χ2v) is 16.1. The zero-order chi connectivity index (χ0) is 49.9. The summed E-state index contributed by atoms with van der Waals surface area (Å²) in [5.74, 6) is 1.49. The Morgan fingerprint density at radius 2 is 1.08 bits per heavy atom. The third kappa shape index (κ3) is 10.5. The van der Waals surface area contributed by atoms with Gasteiger partial charge in [-0.3, -0.25) is 19.9 Å². The lowest BCUT2D eigenvalue weighted by Gasteiger charge is -2.14. The van der Waals surface area contributed by atoms with Crippen LogP contribution >= 0.6 is 0 Å². The third-order valence-corrected chi connectivity index (χ3v) is 11.4. The Kier molecular flexibility index (Phi) is 13.7. The fourth-order valence-electron chi connectivity index (χ4n) is 7.91. The highest BCUT2D eigenvalue weighted by molar-refractivity contribution is 6.04. The maximum atomic E-state index is 11.7. The van der Waals surface area contributed by atoms with Crippen LogP contribution in [-0.2, 0) is 17.8 Å². The first-order valence-electron chi connectivity index (χ1n) is 22.7. The lowest BCUT2D eigenvalue weighted by Crippen LogP contribution is -2.13. The van der Waals surface area contributed by atoms with Gasteiger partial charge in [0.05, 0.1) is 53.4 Å². The number of anilines is 2. The van der Waals surface area contributed by atoms with E-state index in [1.165, 1.54) is 13.3 Å². The summed E-state index contributed by atoms with van der Waals surface area (Å²) < 4.78 is 9.66. The molecule has 0 unspecified atom stereocenters. The van der Waals surface area contributed by atoms with E-state index in [2.05, 4.69) is 87.0 Å². The number of methoxy groups -OCH3 is 1. The molecule has 0 spiro atoms. The number of aromatic nitrogens is 10. The van der Waals surface area contributed by atoms with E-state index in [9.17, 15) is 4.79 Å². The number of esters is 1. The largest absolute Gasteiger partial charge is 0.462 e. The highest BCUT2D eigenvalue weighted by Crippen LogP contribution is 2.36. The van der Waals surface area contributed by atoms with Gasteiger partial charge in [0, 0.05) is 59.4 Å². The molecule has 4 aromatic carbocycles. The SMILES string of the molecule is COC(=O)c1nc(-c2cncc(-c3nc(NCc4ccccn4)c4c(-c5ccccc5)cccc4n3)c2)no1.NC(=NO)c1cncc(-c2nc(NCc3ccccn3)c3c(-c4ccccc4)cccc3n2)c1. The van der Waals surface area contributed by atoms with E-state index in [1.807, 2.05) is 97.1 Å². The smallest absolute Gasteiger partial charge is 0.397 e. The van der Waals surface area contributed by atoms with E-state index in [-0.39, 0.29) is 17.6 Å². The van der Waals surface area contributed by atoms with Crippen LogP contribution in [0.15, 0.2) is 192 Å². The molecule has 356 valence electrons. The molecular formula is C55H42N14O4. The van der Waals surface area contributed by atoms with Crippen LogP contribution in [0.3, 0.4) is 0 Å². The Balaban J connectivity index is 0.000000169. The van der Waals surface area contributed by atoms with Gasteiger partial charge < -0.3 is 30.8 Å². The summed E-state index contributed by atoms with van der Waals surface area (Å²) in [6.07, 6.45) is 9.93. The Morgan fingerprint density at radius 1 is 0.575 bits per heavy atom. The number of rotatable bonds is 13. The number of hydrogen-bond acceptors (Lipinski definition) is 17. The minimum absolute atomic E-state index is 0.0324. The maximum Gasteiger partial charge on any atom is 0.397 e. The van der Waals surface area contributed by atoms with E-state index in [1.54, 1.807) is 43.1 Å². The molecule has 0 atom stereocenters. The topological polar surface area (TPSA) is 251 Å². The highest BCUT2D eigenvalue weighted by atomic mass is 16.6. The normalized spacial score (nSPS) is 11.2. The molecule has 18 heteroatoms. The molecule has 5 N–H and O–H groups in total. The number of nitrogens with one attached hydrogen (secondary N) is 2. The molecular weight excluding hydrogens is 921 g/mol. The molecule has 0 amide bonds. The first-order valence-corrected chi connectivity index (χ1v) is 22.7. The summed E-state index contributed by atoms with van der Waals surface area (Å²) in [7, 11) is 1.24. The van der Waals surface area contributed by atoms with E-state index in [0.29, 0.717) is 58.6 Å². The zero-order valence-corrected chi connectivity index (χ0v) is 38.9. The molecule has 11 rings (SSSR count). The second kappa shape index (κ2) is 21.5. The van der Waals surface area contributed by atoms with Crippen molar-refractivity contribution < 1.29 is 19.3 Å². The summed E-state index contributed by atoms with van der Waals surface area (Å²) in [6, 6.07) is 47.4. The molecule has 0 fully saturated rings. The number of nitrogens with two attached hydrogens (primary N) is 1. The summed E-state index contributed by atoms with van der Waals surface area (Å²) in [5.41, 5.74) is 15.6. The van der Waals surface area contributed by atoms with Crippen molar-refractivity contribution in [1.29, 1.82) is 0 Å². The van der Waals surface area contributed by atoms with Crippen molar-refractivity contribution in [1.82, 2.24) is 50.0 Å². The number of ether oxygens (including phenoxy) is 1. The van der Waals surface area contributed by atoms with Crippen LogP contribution < -0.4 is 16.4 Å². The number of hydrogen-bond donors (Lipinski definition) is 4. The van der Waals surface area contributed by atoms with Gasteiger partial charge in [0.1, 0.15) is 11.6 Å². The van der Waals surface area contributed by atoms with Crippen molar-refractivity contribution in [2.24, 2.45) is 10.9 Å².